The van der Waals surface area contributed by atoms with E-state index in [1.165, 1.54) is 6.20 Å². The Morgan fingerprint density at radius 1 is 1.24 bits per heavy atom. The highest BCUT2D eigenvalue weighted by Gasteiger charge is 2.33. The van der Waals surface area contributed by atoms with Crippen molar-refractivity contribution < 1.29 is 18.8 Å². The van der Waals surface area contributed by atoms with E-state index < -0.39 is 18.0 Å². The molecule has 9 nitrogen and oxygen atoms in total. The average molecular weight is 337 g/mol. The van der Waals surface area contributed by atoms with Crippen LogP contribution in [-0.4, -0.2) is 27.8 Å². The summed E-state index contributed by atoms with van der Waals surface area (Å²) in [6.45, 7) is 0. The van der Waals surface area contributed by atoms with Gasteiger partial charge in [-0.25, -0.2) is 9.78 Å². The molecule has 3 aromatic heterocycles. The van der Waals surface area contributed by atoms with Crippen molar-refractivity contribution >= 4 is 34.8 Å². The first kappa shape index (κ1) is 14.8. The Balaban J connectivity index is 1.59. The topological polar surface area (TPSA) is 126 Å². The molecule has 1 aliphatic rings. The molecule has 1 fully saturated rings. The minimum absolute atomic E-state index is 0.265. The van der Waals surface area contributed by atoms with Gasteiger partial charge in [-0.05, 0) is 24.3 Å². The predicted octanol–water partition coefficient (Wildman–Crippen LogP) is 1.36. The number of nitrogens with zero attached hydrogens (tertiary/aromatic N) is 2. The first-order chi connectivity index (χ1) is 12.1. The van der Waals surface area contributed by atoms with Gasteiger partial charge >= 0.3 is 6.03 Å². The Morgan fingerprint density at radius 3 is 2.84 bits per heavy atom. The van der Waals surface area contributed by atoms with Gasteiger partial charge in [-0.2, -0.15) is 0 Å². The van der Waals surface area contributed by atoms with E-state index in [0.29, 0.717) is 22.5 Å². The smallest absolute Gasteiger partial charge is 0.322 e. The number of amides is 4. The Bertz CT molecular complexity index is 998. The molecule has 4 amide bonds. The monoisotopic (exact) mass is 337 g/mol. The quantitative estimate of drug-likeness (QED) is 0.619. The van der Waals surface area contributed by atoms with Crippen LogP contribution in [0.5, 0.6) is 0 Å². The second kappa shape index (κ2) is 5.71. The molecule has 1 atom stereocenters. The normalized spacial score (nSPS) is 16.6. The third-order valence-electron chi connectivity index (χ3n) is 3.62. The van der Waals surface area contributed by atoms with Crippen LogP contribution in [0, 0.1) is 0 Å². The second-order valence-electron chi connectivity index (χ2n) is 5.32. The largest absolute Gasteiger partial charge is 0.457 e. The standard InChI is InChI=1S/C16H11N5O4/c22-14(8-2-1-5-17-7-8)19-12-4-3-10-9(18-12)6-11(25-10)13-15(23)21-16(24)20-13/h1-7,13H,(H,18,19,22)(H2,20,21,23,24). The molecule has 25 heavy (non-hydrogen) atoms. The van der Waals surface area contributed by atoms with Crippen molar-refractivity contribution in [3.05, 3.63) is 54.0 Å². The van der Waals surface area contributed by atoms with Gasteiger partial charge in [-0.1, -0.05) is 0 Å². The number of imide groups is 1. The molecule has 1 aliphatic heterocycles. The van der Waals surface area contributed by atoms with Gasteiger partial charge in [0.1, 0.15) is 17.1 Å². The number of furan rings is 1. The van der Waals surface area contributed by atoms with E-state index in [4.69, 9.17) is 4.42 Å². The van der Waals surface area contributed by atoms with E-state index in [1.54, 1.807) is 36.5 Å². The molecule has 0 spiro atoms. The summed E-state index contributed by atoms with van der Waals surface area (Å²) in [5.41, 5.74) is 1.29. The summed E-state index contributed by atoms with van der Waals surface area (Å²) in [6.07, 6.45) is 3.03. The molecule has 4 rings (SSSR count). The number of anilines is 1. The number of nitrogens with one attached hydrogen (secondary N) is 3. The molecule has 0 aromatic carbocycles. The van der Waals surface area contributed by atoms with Gasteiger partial charge < -0.3 is 15.1 Å². The van der Waals surface area contributed by atoms with Crippen LogP contribution in [0.3, 0.4) is 0 Å². The van der Waals surface area contributed by atoms with Gasteiger partial charge in [-0.3, -0.25) is 19.9 Å². The number of hydrogen-bond donors (Lipinski definition) is 3. The van der Waals surface area contributed by atoms with Crippen LogP contribution in [-0.2, 0) is 4.79 Å². The lowest BCUT2D eigenvalue weighted by Crippen LogP contribution is -2.22. The lowest BCUT2D eigenvalue weighted by atomic mass is 10.2. The number of rotatable bonds is 3. The first-order valence-corrected chi connectivity index (χ1v) is 7.33. The van der Waals surface area contributed by atoms with E-state index in [-0.39, 0.29) is 11.7 Å². The van der Waals surface area contributed by atoms with Crippen LogP contribution in [0.1, 0.15) is 22.2 Å². The van der Waals surface area contributed by atoms with Gasteiger partial charge in [0.05, 0.1) is 5.56 Å². The average Bonchev–Trinajstić information content (AvgIpc) is 3.17. The summed E-state index contributed by atoms with van der Waals surface area (Å²) in [5.74, 6) is -0.240. The molecule has 9 heteroatoms. The number of aromatic nitrogens is 2. The third kappa shape index (κ3) is 2.78. The highest BCUT2D eigenvalue weighted by Crippen LogP contribution is 2.25. The van der Waals surface area contributed by atoms with E-state index in [9.17, 15) is 14.4 Å². The molecule has 3 N–H and O–H groups in total. The molecule has 1 unspecified atom stereocenters. The van der Waals surface area contributed by atoms with Crippen LogP contribution in [0.15, 0.2) is 47.1 Å². The van der Waals surface area contributed by atoms with Crippen LogP contribution in [0.2, 0.25) is 0 Å². The summed E-state index contributed by atoms with van der Waals surface area (Å²) < 4.78 is 5.55. The molecular weight excluding hydrogens is 326 g/mol. The fourth-order valence-corrected chi connectivity index (χ4v) is 2.46. The zero-order valence-corrected chi connectivity index (χ0v) is 12.6. The fourth-order valence-electron chi connectivity index (χ4n) is 2.46. The third-order valence-corrected chi connectivity index (χ3v) is 3.62. The Kier molecular flexibility index (Phi) is 3.38. The molecule has 4 heterocycles. The molecule has 124 valence electrons. The van der Waals surface area contributed by atoms with Gasteiger partial charge in [0.15, 0.2) is 11.6 Å². The Hall–Kier alpha value is -3.75. The van der Waals surface area contributed by atoms with E-state index >= 15 is 0 Å². The van der Waals surface area contributed by atoms with Gasteiger partial charge in [-0.15, -0.1) is 0 Å². The number of carbonyl (C=O) groups is 3. The summed E-state index contributed by atoms with van der Waals surface area (Å²) >= 11 is 0. The minimum Gasteiger partial charge on any atom is -0.457 e. The molecule has 3 aromatic rings. The summed E-state index contributed by atoms with van der Waals surface area (Å²) in [5, 5.41) is 7.25. The van der Waals surface area contributed by atoms with Crippen LogP contribution < -0.4 is 16.0 Å². The summed E-state index contributed by atoms with van der Waals surface area (Å²) in [6, 6.07) is 6.58. The summed E-state index contributed by atoms with van der Waals surface area (Å²) in [4.78, 5) is 43.2. The van der Waals surface area contributed by atoms with Crippen molar-refractivity contribution in [3.63, 3.8) is 0 Å². The molecular formula is C16H11N5O4. The van der Waals surface area contributed by atoms with Crippen molar-refractivity contribution in [1.82, 2.24) is 20.6 Å². The lowest BCUT2D eigenvalue weighted by Gasteiger charge is -2.03. The first-order valence-electron chi connectivity index (χ1n) is 7.33. The summed E-state index contributed by atoms with van der Waals surface area (Å²) in [7, 11) is 0. The van der Waals surface area contributed by atoms with Crippen LogP contribution in [0.25, 0.3) is 11.1 Å². The maximum Gasteiger partial charge on any atom is 0.322 e. The van der Waals surface area contributed by atoms with E-state index in [1.807, 2.05) is 0 Å². The van der Waals surface area contributed by atoms with Crippen molar-refractivity contribution in [3.8, 4) is 0 Å². The predicted molar refractivity (Wildman–Crippen MR) is 85.6 cm³/mol. The van der Waals surface area contributed by atoms with Crippen molar-refractivity contribution in [2.75, 3.05) is 5.32 Å². The zero-order valence-electron chi connectivity index (χ0n) is 12.6. The number of carbonyl (C=O) groups excluding carboxylic acids is 3. The van der Waals surface area contributed by atoms with E-state index in [2.05, 4.69) is 25.9 Å². The molecule has 0 bridgehead atoms. The van der Waals surface area contributed by atoms with Gasteiger partial charge in [0.25, 0.3) is 11.8 Å². The second-order valence-corrected chi connectivity index (χ2v) is 5.32. The molecule has 0 saturated carbocycles. The van der Waals surface area contributed by atoms with Crippen molar-refractivity contribution in [2.45, 2.75) is 6.04 Å². The number of urea groups is 1. The Labute approximate surface area is 140 Å². The molecule has 1 saturated heterocycles. The zero-order chi connectivity index (χ0) is 17.4. The van der Waals surface area contributed by atoms with Gasteiger partial charge in [0.2, 0.25) is 0 Å². The van der Waals surface area contributed by atoms with Crippen LogP contribution >= 0.6 is 0 Å². The lowest BCUT2D eigenvalue weighted by molar-refractivity contribution is -0.120. The minimum atomic E-state index is -0.893. The molecule has 0 radical (unpaired) electrons. The van der Waals surface area contributed by atoms with Crippen molar-refractivity contribution in [2.24, 2.45) is 0 Å². The van der Waals surface area contributed by atoms with Crippen LogP contribution in [0.4, 0.5) is 10.6 Å². The maximum atomic E-state index is 12.1. The number of pyridine rings is 2. The van der Waals surface area contributed by atoms with E-state index in [0.717, 1.165) is 0 Å². The van der Waals surface area contributed by atoms with Gasteiger partial charge in [0, 0.05) is 18.5 Å². The molecule has 0 aliphatic carbocycles. The fraction of sp³-hybridized carbons (Fsp3) is 0.0625. The number of fused-ring (bicyclic) bond motifs is 1. The SMILES string of the molecule is O=C1NC(=O)C(c2cc3nc(NC(=O)c4cccnc4)ccc3o2)N1. The van der Waals surface area contributed by atoms with Crippen molar-refractivity contribution in [1.29, 1.82) is 0 Å². The maximum absolute atomic E-state index is 12.1. The number of hydrogen-bond acceptors (Lipinski definition) is 6. The highest BCUT2D eigenvalue weighted by molar-refractivity contribution is 6.05. The Morgan fingerprint density at radius 2 is 2.12 bits per heavy atom. The highest BCUT2D eigenvalue weighted by atomic mass is 16.3.